The van der Waals surface area contributed by atoms with Gasteiger partial charge in [0.2, 0.25) is 0 Å². The van der Waals surface area contributed by atoms with Gasteiger partial charge in [-0.05, 0) is 49.9 Å². The van der Waals surface area contributed by atoms with Crippen molar-refractivity contribution in [2.75, 3.05) is 0 Å². The van der Waals surface area contributed by atoms with Crippen LogP contribution in [0.15, 0.2) is 34.9 Å². The Morgan fingerprint density at radius 3 is 2.55 bits per heavy atom. The van der Waals surface area contributed by atoms with Crippen LogP contribution in [0.3, 0.4) is 0 Å². The number of nitrogens with one attached hydrogen (secondary N) is 1. The molecule has 2 nitrogen and oxygen atoms in total. The van der Waals surface area contributed by atoms with Gasteiger partial charge >= 0.3 is 0 Å². The predicted octanol–water partition coefficient (Wildman–Crippen LogP) is 5.50. The molecule has 0 aromatic carbocycles. The molecule has 0 aliphatic rings. The molecule has 110 valence electrons. The van der Waals surface area contributed by atoms with Gasteiger partial charge in [-0.1, -0.05) is 25.4 Å². The van der Waals surface area contributed by atoms with Crippen molar-refractivity contribution in [3.63, 3.8) is 0 Å². The van der Waals surface area contributed by atoms with E-state index < -0.39 is 0 Å². The van der Waals surface area contributed by atoms with Crippen molar-refractivity contribution in [1.29, 1.82) is 0 Å². The highest BCUT2D eigenvalue weighted by molar-refractivity contribution is 7.16. The lowest BCUT2D eigenvalue weighted by atomic mass is 10.0. The van der Waals surface area contributed by atoms with Gasteiger partial charge in [0.05, 0.1) is 10.6 Å². The molecule has 0 aliphatic carbocycles. The summed E-state index contributed by atoms with van der Waals surface area (Å²) in [6.07, 6.45) is 4.11. The molecule has 0 aliphatic heterocycles. The molecule has 2 rings (SSSR count). The van der Waals surface area contributed by atoms with Crippen molar-refractivity contribution in [2.24, 2.45) is 5.92 Å². The maximum atomic E-state index is 6.07. The molecular weight excluding hydrogens is 290 g/mol. The van der Waals surface area contributed by atoms with E-state index in [9.17, 15) is 0 Å². The van der Waals surface area contributed by atoms with Crippen LogP contribution in [0.2, 0.25) is 4.34 Å². The van der Waals surface area contributed by atoms with E-state index in [4.69, 9.17) is 16.0 Å². The molecule has 2 heterocycles. The summed E-state index contributed by atoms with van der Waals surface area (Å²) >= 11 is 7.67. The molecule has 0 saturated heterocycles. The second-order valence-electron chi connectivity index (χ2n) is 5.63. The molecular formula is C16H22ClNOS. The molecule has 4 heteroatoms. The van der Waals surface area contributed by atoms with E-state index in [1.165, 1.54) is 11.3 Å². The van der Waals surface area contributed by atoms with Gasteiger partial charge in [0, 0.05) is 10.9 Å². The van der Waals surface area contributed by atoms with E-state index in [1.807, 2.05) is 18.2 Å². The minimum absolute atomic E-state index is 0.0877. The van der Waals surface area contributed by atoms with E-state index in [1.54, 1.807) is 17.6 Å². The van der Waals surface area contributed by atoms with Crippen LogP contribution in [0.25, 0.3) is 0 Å². The Hall–Kier alpha value is -0.770. The average molecular weight is 312 g/mol. The minimum atomic E-state index is 0.0877. The first-order valence-electron chi connectivity index (χ1n) is 7.11. The number of hydrogen-bond donors (Lipinski definition) is 1. The normalized spacial score (nSPS) is 14.7. The Kier molecular flexibility index (Phi) is 5.70. The van der Waals surface area contributed by atoms with Crippen LogP contribution in [0.1, 0.15) is 50.3 Å². The highest BCUT2D eigenvalue weighted by Crippen LogP contribution is 2.32. The Bertz CT molecular complexity index is 506. The van der Waals surface area contributed by atoms with Gasteiger partial charge in [-0.2, -0.15) is 0 Å². The van der Waals surface area contributed by atoms with Gasteiger partial charge in [-0.15, -0.1) is 11.3 Å². The number of thiophene rings is 1. The van der Waals surface area contributed by atoms with Crippen LogP contribution in [-0.4, -0.2) is 6.04 Å². The first kappa shape index (κ1) is 15.6. The Labute approximate surface area is 130 Å². The van der Waals surface area contributed by atoms with Gasteiger partial charge in [-0.3, -0.25) is 0 Å². The largest absolute Gasteiger partial charge is 0.467 e. The second kappa shape index (κ2) is 7.30. The third-order valence-electron chi connectivity index (χ3n) is 3.33. The Balaban J connectivity index is 2.08. The van der Waals surface area contributed by atoms with Gasteiger partial charge in [0.1, 0.15) is 11.8 Å². The van der Waals surface area contributed by atoms with E-state index >= 15 is 0 Å². The third-order valence-corrected chi connectivity index (χ3v) is 4.63. The quantitative estimate of drug-likeness (QED) is 0.730. The number of halogens is 1. The second-order valence-corrected chi connectivity index (χ2v) is 7.38. The van der Waals surface area contributed by atoms with E-state index in [-0.39, 0.29) is 6.04 Å². The molecule has 0 fully saturated rings. The first-order chi connectivity index (χ1) is 9.56. The van der Waals surface area contributed by atoms with Crippen molar-refractivity contribution in [3.05, 3.63) is 45.5 Å². The lowest BCUT2D eigenvalue weighted by Gasteiger charge is -2.21. The third kappa shape index (κ3) is 4.37. The Morgan fingerprint density at radius 1 is 1.20 bits per heavy atom. The van der Waals surface area contributed by atoms with Gasteiger partial charge in [0.25, 0.3) is 0 Å². The molecule has 0 spiro atoms. The lowest BCUT2D eigenvalue weighted by Crippen LogP contribution is -2.30. The zero-order valence-electron chi connectivity index (χ0n) is 12.2. The molecule has 2 aromatic rings. The van der Waals surface area contributed by atoms with Gasteiger partial charge in [-0.25, -0.2) is 0 Å². The van der Waals surface area contributed by atoms with Crippen molar-refractivity contribution < 1.29 is 4.42 Å². The summed E-state index contributed by atoms with van der Waals surface area (Å²) in [5.74, 6) is 1.68. The van der Waals surface area contributed by atoms with Crippen LogP contribution >= 0.6 is 22.9 Å². The molecule has 0 radical (unpaired) electrons. The van der Waals surface area contributed by atoms with Crippen molar-refractivity contribution in [2.45, 2.75) is 45.7 Å². The summed E-state index contributed by atoms with van der Waals surface area (Å²) in [6.45, 7) is 6.75. The molecule has 0 saturated carbocycles. The van der Waals surface area contributed by atoms with E-state index in [0.29, 0.717) is 6.04 Å². The molecule has 2 aromatic heterocycles. The van der Waals surface area contributed by atoms with Crippen LogP contribution in [0.4, 0.5) is 0 Å². The maximum Gasteiger partial charge on any atom is 0.126 e. The summed E-state index contributed by atoms with van der Waals surface area (Å²) in [6, 6.07) is 8.48. The van der Waals surface area contributed by atoms with Crippen molar-refractivity contribution in [1.82, 2.24) is 5.32 Å². The lowest BCUT2D eigenvalue weighted by molar-refractivity contribution is 0.389. The maximum absolute atomic E-state index is 6.07. The molecule has 2 unspecified atom stereocenters. The van der Waals surface area contributed by atoms with Gasteiger partial charge in [0.15, 0.2) is 0 Å². The fraction of sp³-hybridized carbons (Fsp3) is 0.500. The zero-order valence-corrected chi connectivity index (χ0v) is 13.8. The zero-order chi connectivity index (χ0) is 14.5. The fourth-order valence-electron chi connectivity index (χ4n) is 2.19. The number of furan rings is 1. The molecule has 0 bridgehead atoms. The predicted molar refractivity (Wildman–Crippen MR) is 86.5 cm³/mol. The average Bonchev–Trinajstić information content (AvgIpc) is 3.04. The number of rotatable bonds is 7. The highest BCUT2D eigenvalue weighted by atomic mass is 35.5. The van der Waals surface area contributed by atoms with E-state index in [0.717, 1.165) is 22.4 Å². The smallest absolute Gasteiger partial charge is 0.126 e. The molecule has 2 atom stereocenters. The van der Waals surface area contributed by atoms with Gasteiger partial charge < -0.3 is 9.73 Å². The van der Waals surface area contributed by atoms with E-state index in [2.05, 4.69) is 32.2 Å². The van der Waals surface area contributed by atoms with Crippen molar-refractivity contribution in [3.8, 4) is 0 Å². The molecule has 20 heavy (non-hydrogen) atoms. The minimum Gasteiger partial charge on any atom is -0.467 e. The molecule has 1 N–H and O–H groups in total. The van der Waals surface area contributed by atoms with Crippen LogP contribution in [-0.2, 0) is 0 Å². The van der Waals surface area contributed by atoms with Crippen molar-refractivity contribution >= 4 is 22.9 Å². The SMILES string of the molecule is CC(C)CCC(C)NC(c1ccco1)c1ccc(Cl)s1. The first-order valence-corrected chi connectivity index (χ1v) is 8.30. The number of hydrogen-bond acceptors (Lipinski definition) is 3. The summed E-state index contributed by atoms with van der Waals surface area (Å²) in [4.78, 5) is 1.20. The Morgan fingerprint density at radius 2 is 2.00 bits per heavy atom. The molecule has 0 amide bonds. The monoisotopic (exact) mass is 311 g/mol. The summed E-state index contributed by atoms with van der Waals surface area (Å²) < 4.78 is 6.40. The van der Waals surface area contributed by atoms with Crippen LogP contribution in [0.5, 0.6) is 0 Å². The topological polar surface area (TPSA) is 25.2 Å². The van der Waals surface area contributed by atoms with Crippen LogP contribution < -0.4 is 5.32 Å². The fourth-order valence-corrected chi connectivity index (χ4v) is 3.32. The summed E-state index contributed by atoms with van der Waals surface area (Å²) in [5, 5.41) is 3.66. The van der Waals surface area contributed by atoms with Crippen LogP contribution in [0, 0.1) is 5.92 Å². The summed E-state index contributed by atoms with van der Waals surface area (Å²) in [5.41, 5.74) is 0. The standard InChI is InChI=1S/C16H22ClNOS/c1-11(2)6-7-12(3)18-16(13-5-4-10-19-13)14-8-9-15(17)20-14/h4-5,8-12,16,18H,6-7H2,1-3H3. The summed E-state index contributed by atoms with van der Waals surface area (Å²) in [7, 11) is 0. The highest BCUT2D eigenvalue weighted by Gasteiger charge is 2.20.